The lowest BCUT2D eigenvalue weighted by molar-refractivity contribution is 0.0598. The molecular formula is C20H18N2O4. The number of hydrogen-bond acceptors (Lipinski definition) is 5. The smallest absolute Gasteiger partial charge is 0.343 e. The molecule has 0 unspecified atom stereocenters. The molecule has 0 aliphatic rings. The number of nitrogens with zero attached hydrogens (tertiary/aromatic N) is 2. The summed E-state index contributed by atoms with van der Waals surface area (Å²) in [5.41, 5.74) is 2.32. The van der Waals surface area contributed by atoms with Crippen molar-refractivity contribution in [1.82, 2.24) is 9.55 Å². The van der Waals surface area contributed by atoms with Crippen LogP contribution in [-0.2, 0) is 11.8 Å². The Hall–Kier alpha value is -3.41. The first-order valence-electron chi connectivity index (χ1n) is 7.95. The summed E-state index contributed by atoms with van der Waals surface area (Å²) in [6, 6.07) is 14.4. The molecule has 0 N–H and O–H groups in total. The largest absolute Gasteiger partial charge is 0.497 e. The highest BCUT2D eigenvalue weighted by Crippen LogP contribution is 2.31. The molecule has 0 atom stereocenters. The van der Waals surface area contributed by atoms with Crippen LogP contribution in [0, 0.1) is 0 Å². The van der Waals surface area contributed by atoms with Crippen molar-refractivity contribution in [3.63, 3.8) is 0 Å². The summed E-state index contributed by atoms with van der Waals surface area (Å²) in [6.07, 6.45) is 1.66. The molecule has 2 aromatic heterocycles. The van der Waals surface area contributed by atoms with Crippen LogP contribution in [0.2, 0.25) is 0 Å². The van der Waals surface area contributed by atoms with Gasteiger partial charge in [0.15, 0.2) is 0 Å². The molecule has 0 saturated carbocycles. The molecule has 2 heterocycles. The van der Waals surface area contributed by atoms with E-state index in [0.29, 0.717) is 22.7 Å². The maximum Gasteiger partial charge on any atom is 0.343 e. The van der Waals surface area contributed by atoms with E-state index in [-0.39, 0.29) is 5.56 Å². The summed E-state index contributed by atoms with van der Waals surface area (Å²) in [6.45, 7) is 0. The maximum absolute atomic E-state index is 12.7. The van der Waals surface area contributed by atoms with Crippen molar-refractivity contribution in [3.8, 4) is 28.3 Å². The Morgan fingerprint density at radius 3 is 2.38 bits per heavy atom. The van der Waals surface area contributed by atoms with Crippen molar-refractivity contribution in [2.75, 3.05) is 14.2 Å². The third-order valence-corrected chi connectivity index (χ3v) is 4.13. The molecule has 3 aromatic rings. The van der Waals surface area contributed by atoms with Gasteiger partial charge in [-0.1, -0.05) is 18.2 Å². The predicted octanol–water partition coefficient (Wildman–Crippen LogP) is 2.91. The second-order valence-electron chi connectivity index (χ2n) is 5.62. The lowest BCUT2D eigenvalue weighted by atomic mass is 9.99. The second kappa shape index (κ2) is 7.23. The van der Waals surface area contributed by atoms with E-state index in [1.807, 2.05) is 36.4 Å². The average molecular weight is 350 g/mol. The molecular weight excluding hydrogens is 332 g/mol. The number of benzene rings is 1. The van der Waals surface area contributed by atoms with Crippen molar-refractivity contribution in [1.29, 1.82) is 0 Å². The first-order valence-corrected chi connectivity index (χ1v) is 7.95. The number of aromatic nitrogens is 2. The predicted molar refractivity (Wildman–Crippen MR) is 98.2 cm³/mol. The van der Waals surface area contributed by atoms with E-state index in [1.54, 1.807) is 32.5 Å². The van der Waals surface area contributed by atoms with Crippen LogP contribution in [-0.4, -0.2) is 29.7 Å². The molecule has 0 spiro atoms. The first kappa shape index (κ1) is 17.4. The summed E-state index contributed by atoms with van der Waals surface area (Å²) in [5.74, 6) is 0.0408. The van der Waals surface area contributed by atoms with Gasteiger partial charge in [0.2, 0.25) is 0 Å². The van der Waals surface area contributed by atoms with Crippen LogP contribution in [0.4, 0.5) is 0 Å². The summed E-state index contributed by atoms with van der Waals surface area (Å²) in [7, 11) is 4.46. The highest BCUT2D eigenvalue weighted by Gasteiger charge is 2.20. The average Bonchev–Trinajstić information content (AvgIpc) is 2.70. The quantitative estimate of drug-likeness (QED) is 0.677. The van der Waals surface area contributed by atoms with E-state index in [1.165, 1.54) is 11.7 Å². The molecule has 6 nitrogen and oxygen atoms in total. The van der Waals surface area contributed by atoms with Gasteiger partial charge < -0.3 is 14.0 Å². The minimum atomic E-state index is -0.673. The third-order valence-electron chi connectivity index (χ3n) is 4.13. The SMILES string of the molecule is COC(=O)c1cc(-c2ccc(OC)cc2)c(-c2ccccn2)n(C)c1=O. The van der Waals surface area contributed by atoms with Gasteiger partial charge in [0.05, 0.1) is 25.6 Å². The van der Waals surface area contributed by atoms with Gasteiger partial charge >= 0.3 is 5.97 Å². The van der Waals surface area contributed by atoms with E-state index in [2.05, 4.69) is 4.98 Å². The van der Waals surface area contributed by atoms with Crippen molar-refractivity contribution in [2.45, 2.75) is 0 Å². The molecule has 26 heavy (non-hydrogen) atoms. The molecule has 6 heteroatoms. The molecule has 1 aromatic carbocycles. The standard InChI is InChI=1S/C20H18N2O4/c1-22-18(17-6-4-5-11-21-17)15(12-16(19(22)23)20(24)26-3)13-7-9-14(25-2)10-8-13/h4-12H,1-3H3. The fourth-order valence-corrected chi connectivity index (χ4v) is 2.80. The number of ether oxygens (including phenoxy) is 2. The lowest BCUT2D eigenvalue weighted by Gasteiger charge is -2.16. The van der Waals surface area contributed by atoms with Crippen LogP contribution in [0.1, 0.15) is 10.4 Å². The fraction of sp³-hybridized carbons (Fsp3) is 0.150. The Morgan fingerprint density at radius 2 is 1.81 bits per heavy atom. The number of pyridine rings is 2. The van der Waals surface area contributed by atoms with Crippen LogP contribution >= 0.6 is 0 Å². The summed E-state index contributed by atoms with van der Waals surface area (Å²) >= 11 is 0. The Labute approximate surface area is 150 Å². The van der Waals surface area contributed by atoms with Gasteiger partial charge in [0.1, 0.15) is 11.3 Å². The van der Waals surface area contributed by atoms with Crippen LogP contribution in [0.15, 0.2) is 59.5 Å². The molecule has 0 aliphatic heterocycles. The highest BCUT2D eigenvalue weighted by molar-refractivity contribution is 5.92. The van der Waals surface area contributed by atoms with Crippen molar-refractivity contribution in [2.24, 2.45) is 7.05 Å². The lowest BCUT2D eigenvalue weighted by Crippen LogP contribution is -2.27. The molecule has 0 saturated heterocycles. The number of rotatable bonds is 4. The zero-order chi connectivity index (χ0) is 18.7. The molecule has 0 aliphatic carbocycles. The van der Waals surface area contributed by atoms with E-state index in [4.69, 9.17) is 9.47 Å². The van der Waals surface area contributed by atoms with E-state index < -0.39 is 11.5 Å². The van der Waals surface area contributed by atoms with Crippen molar-refractivity contribution in [3.05, 3.63) is 70.6 Å². The zero-order valence-electron chi connectivity index (χ0n) is 14.7. The number of methoxy groups -OCH3 is 2. The maximum atomic E-state index is 12.7. The summed E-state index contributed by atoms with van der Waals surface area (Å²) in [4.78, 5) is 29.1. The third kappa shape index (κ3) is 3.09. The molecule has 0 amide bonds. The molecule has 0 radical (unpaired) electrons. The van der Waals surface area contributed by atoms with Gasteiger partial charge in [-0.25, -0.2) is 4.79 Å². The van der Waals surface area contributed by atoms with Crippen LogP contribution in [0.25, 0.3) is 22.5 Å². The Balaban J connectivity index is 2.33. The van der Waals surface area contributed by atoms with Crippen molar-refractivity contribution >= 4 is 5.97 Å². The van der Waals surface area contributed by atoms with E-state index >= 15 is 0 Å². The molecule has 3 rings (SSSR count). The van der Waals surface area contributed by atoms with E-state index in [9.17, 15) is 9.59 Å². The number of carbonyl (C=O) groups excluding carboxylic acids is 1. The minimum Gasteiger partial charge on any atom is -0.497 e. The molecule has 0 fully saturated rings. The highest BCUT2D eigenvalue weighted by atomic mass is 16.5. The van der Waals surface area contributed by atoms with E-state index in [0.717, 1.165) is 5.56 Å². The van der Waals surface area contributed by atoms with Gasteiger partial charge in [-0.05, 0) is 35.9 Å². The normalized spacial score (nSPS) is 10.4. The second-order valence-corrected chi connectivity index (χ2v) is 5.62. The van der Waals surface area contributed by atoms with Crippen molar-refractivity contribution < 1.29 is 14.3 Å². The number of hydrogen-bond donors (Lipinski definition) is 0. The molecule has 0 bridgehead atoms. The summed E-state index contributed by atoms with van der Waals surface area (Å²) < 4.78 is 11.4. The van der Waals surface area contributed by atoms with Crippen LogP contribution < -0.4 is 10.3 Å². The van der Waals surface area contributed by atoms with Crippen LogP contribution in [0.5, 0.6) is 5.75 Å². The number of esters is 1. The Kier molecular flexibility index (Phi) is 4.84. The fourth-order valence-electron chi connectivity index (χ4n) is 2.80. The van der Waals surface area contributed by atoms with Gasteiger partial charge in [0.25, 0.3) is 5.56 Å². The monoisotopic (exact) mass is 350 g/mol. The Morgan fingerprint density at radius 1 is 1.08 bits per heavy atom. The van der Waals surface area contributed by atoms with Gasteiger partial charge in [-0.3, -0.25) is 9.78 Å². The molecule has 132 valence electrons. The Bertz CT molecular complexity index is 993. The topological polar surface area (TPSA) is 70.4 Å². The van der Waals surface area contributed by atoms with Gasteiger partial charge in [0, 0.05) is 18.8 Å². The van der Waals surface area contributed by atoms with Gasteiger partial charge in [-0.2, -0.15) is 0 Å². The minimum absolute atomic E-state index is 0.0273. The summed E-state index contributed by atoms with van der Waals surface area (Å²) in [5, 5.41) is 0. The first-order chi connectivity index (χ1) is 12.6. The van der Waals surface area contributed by atoms with Gasteiger partial charge in [-0.15, -0.1) is 0 Å². The van der Waals surface area contributed by atoms with Crippen LogP contribution in [0.3, 0.4) is 0 Å². The number of carbonyl (C=O) groups is 1. The zero-order valence-corrected chi connectivity index (χ0v) is 14.7.